The van der Waals surface area contributed by atoms with Gasteiger partial charge in [0.1, 0.15) is 0 Å². The van der Waals surface area contributed by atoms with E-state index in [1.54, 1.807) is 12.1 Å². The second-order valence-corrected chi connectivity index (χ2v) is 16.1. The fourth-order valence-corrected chi connectivity index (χ4v) is 9.14. The molecular formula is C34H42N4O4Si. The van der Waals surface area contributed by atoms with E-state index in [4.69, 9.17) is 4.74 Å². The zero-order valence-electron chi connectivity index (χ0n) is 25.1. The van der Waals surface area contributed by atoms with Crippen molar-refractivity contribution in [3.05, 3.63) is 114 Å². The average molecular weight is 599 g/mol. The molecule has 0 aliphatic carbocycles. The van der Waals surface area contributed by atoms with Crippen LogP contribution in [0.1, 0.15) is 52.9 Å². The molecule has 8 nitrogen and oxygen atoms in total. The maximum absolute atomic E-state index is 12.6. The van der Waals surface area contributed by atoms with E-state index in [0.29, 0.717) is 12.1 Å². The number of anilines is 1. The number of hydrogen-bond donors (Lipinski definition) is 3. The molecule has 9 heteroatoms. The minimum Gasteiger partial charge on any atom is -0.432 e. The van der Waals surface area contributed by atoms with Crippen LogP contribution in [0.25, 0.3) is 0 Å². The summed E-state index contributed by atoms with van der Waals surface area (Å²) in [5, 5.41) is 21.7. The number of benzene rings is 3. The SMILES string of the molecule is C[C@H]1[C@H]([Si](C)(C)O)[C@@H](CCn2cc(C(CO)c3ccccc3)nn2)O[C@H]1CCc1cccc(NC(=O)c2ccccc2)c1. The highest BCUT2D eigenvalue weighted by atomic mass is 28.4. The molecular weight excluding hydrogens is 556 g/mol. The second kappa shape index (κ2) is 13.8. The Morgan fingerprint density at radius 1 is 1.00 bits per heavy atom. The zero-order chi connectivity index (χ0) is 30.4. The number of ether oxygens (including phenoxy) is 1. The van der Waals surface area contributed by atoms with Crippen molar-refractivity contribution < 1.29 is 19.4 Å². The minimum absolute atomic E-state index is 0.0275. The van der Waals surface area contributed by atoms with Crippen LogP contribution in [0.3, 0.4) is 0 Å². The molecule has 3 aromatic carbocycles. The first-order chi connectivity index (χ1) is 20.7. The maximum Gasteiger partial charge on any atom is 0.255 e. The van der Waals surface area contributed by atoms with Gasteiger partial charge in [0, 0.05) is 29.5 Å². The third-order valence-corrected chi connectivity index (χ3v) is 11.1. The molecule has 5 atom stereocenters. The van der Waals surface area contributed by atoms with Crippen molar-refractivity contribution in [2.45, 2.75) is 69.5 Å². The molecule has 0 spiro atoms. The Hall–Kier alpha value is -3.63. The van der Waals surface area contributed by atoms with Gasteiger partial charge in [0.15, 0.2) is 8.32 Å². The number of hydrogen-bond acceptors (Lipinski definition) is 6. The van der Waals surface area contributed by atoms with Crippen LogP contribution in [-0.2, 0) is 17.7 Å². The third kappa shape index (κ3) is 7.66. The Balaban J connectivity index is 1.20. The Bertz CT molecular complexity index is 1470. The Morgan fingerprint density at radius 2 is 1.72 bits per heavy atom. The van der Waals surface area contributed by atoms with Crippen molar-refractivity contribution in [3.63, 3.8) is 0 Å². The predicted octanol–water partition coefficient (Wildman–Crippen LogP) is 5.65. The number of aryl methyl sites for hydroxylation is 2. The van der Waals surface area contributed by atoms with Gasteiger partial charge in [-0.1, -0.05) is 72.8 Å². The lowest BCUT2D eigenvalue weighted by molar-refractivity contribution is 0.0245. The van der Waals surface area contributed by atoms with Gasteiger partial charge < -0.3 is 20.0 Å². The van der Waals surface area contributed by atoms with Crippen LogP contribution in [0.2, 0.25) is 18.6 Å². The van der Waals surface area contributed by atoms with Crippen LogP contribution in [0.4, 0.5) is 5.69 Å². The van der Waals surface area contributed by atoms with Gasteiger partial charge >= 0.3 is 0 Å². The van der Waals surface area contributed by atoms with Gasteiger partial charge in [0.25, 0.3) is 5.91 Å². The van der Waals surface area contributed by atoms with Gasteiger partial charge in [-0.05, 0) is 73.7 Å². The van der Waals surface area contributed by atoms with Gasteiger partial charge in [0.05, 0.1) is 30.4 Å². The van der Waals surface area contributed by atoms with Crippen LogP contribution >= 0.6 is 0 Å². The third-order valence-electron chi connectivity index (χ3n) is 8.60. The molecule has 226 valence electrons. The van der Waals surface area contributed by atoms with Gasteiger partial charge in [-0.2, -0.15) is 0 Å². The lowest BCUT2D eigenvalue weighted by Crippen LogP contribution is -2.40. The molecule has 4 aromatic rings. The monoisotopic (exact) mass is 598 g/mol. The lowest BCUT2D eigenvalue weighted by Gasteiger charge is -2.30. The predicted molar refractivity (Wildman–Crippen MR) is 170 cm³/mol. The minimum atomic E-state index is -2.51. The van der Waals surface area contributed by atoms with Gasteiger partial charge in [-0.15, -0.1) is 5.10 Å². The van der Waals surface area contributed by atoms with E-state index in [1.165, 1.54) is 0 Å². The zero-order valence-corrected chi connectivity index (χ0v) is 26.1. The molecule has 2 heterocycles. The van der Waals surface area contributed by atoms with Crippen LogP contribution in [0.15, 0.2) is 91.1 Å². The van der Waals surface area contributed by atoms with Crippen molar-refractivity contribution >= 4 is 19.9 Å². The van der Waals surface area contributed by atoms with E-state index < -0.39 is 8.32 Å². The number of rotatable bonds is 12. The van der Waals surface area contributed by atoms with E-state index in [2.05, 4.69) is 28.6 Å². The summed E-state index contributed by atoms with van der Waals surface area (Å²) in [4.78, 5) is 23.9. The lowest BCUT2D eigenvalue weighted by atomic mass is 9.95. The summed E-state index contributed by atoms with van der Waals surface area (Å²) in [6, 6.07) is 27.0. The number of nitrogens with zero attached hydrogens (tertiary/aromatic N) is 3. The molecule has 1 aliphatic heterocycles. The first kappa shape index (κ1) is 30.8. The topological polar surface area (TPSA) is 110 Å². The number of carbonyl (C=O) groups excluding carboxylic acids is 1. The second-order valence-electron chi connectivity index (χ2n) is 12.2. The van der Waals surface area contributed by atoms with Crippen molar-refractivity contribution in [1.29, 1.82) is 0 Å². The van der Waals surface area contributed by atoms with Gasteiger partial charge in [0.2, 0.25) is 0 Å². The number of amides is 1. The maximum atomic E-state index is 12.6. The quantitative estimate of drug-likeness (QED) is 0.182. The Labute approximate surface area is 254 Å². The summed E-state index contributed by atoms with van der Waals surface area (Å²) in [5.74, 6) is -0.123. The molecule has 1 saturated heterocycles. The van der Waals surface area contributed by atoms with E-state index in [-0.39, 0.29) is 42.1 Å². The molecule has 1 aliphatic rings. The molecule has 3 N–H and O–H groups in total. The molecule has 0 bridgehead atoms. The Kier molecular flexibility index (Phi) is 9.87. The Morgan fingerprint density at radius 3 is 2.42 bits per heavy atom. The number of nitrogens with one attached hydrogen (secondary N) is 1. The number of aliphatic hydroxyl groups excluding tert-OH is 1. The highest BCUT2D eigenvalue weighted by molar-refractivity contribution is 6.71. The van der Waals surface area contributed by atoms with Crippen LogP contribution in [0, 0.1) is 5.92 Å². The molecule has 0 saturated carbocycles. The fraction of sp³-hybridized carbons (Fsp3) is 0.382. The van der Waals surface area contributed by atoms with Crippen molar-refractivity contribution in [2.75, 3.05) is 11.9 Å². The molecule has 1 aromatic heterocycles. The molecule has 1 fully saturated rings. The highest BCUT2D eigenvalue weighted by Crippen LogP contribution is 2.45. The smallest absolute Gasteiger partial charge is 0.255 e. The highest BCUT2D eigenvalue weighted by Gasteiger charge is 2.49. The average Bonchev–Trinajstić information content (AvgIpc) is 3.60. The number of carbonyl (C=O) groups is 1. The summed E-state index contributed by atoms with van der Waals surface area (Å²) < 4.78 is 8.48. The molecule has 0 radical (unpaired) electrons. The van der Waals surface area contributed by atoms with E-state index in [0.717, 1.165) is 41.8 Å². The molecule has 43 heavy (non-hydrogen) atoms. The van der Waals surface area contributed by atoms with Crippen LogP contribution in [0.5, 0.6) is 0 Å². The van der Waals surface area contributed by atoms with Crippen LogP contribution in [-0.4, -0.2) is 57.9 Å². The van der Waals surface area contributed by atoms with E-state index in [9.17, 15) is 14.7 Å². The van der Waals surface area contributed by atoms with Crippen molar-refractivity contribution in [3.8, 4) is 0 Å². The molecule has 1 unspecified atom stereocenters. The standard InChI is InChI=1S/C34H42N4O4Si/c1-24-31(18-17-25-11-10-16-28(21-25)35-34(40)27-14-8-5-9-15-27)42-32(33(24)43(2,3)41)19-20-38-22-30(36-37-38)29(23-39)26-12-6-4-7-13-26/h4-16,21-22,24,29,31-33,39,41H,17-20,23H2,1-3H3,(H,35,40)/t24-,29?,31+,32-,33+/m1/s1. The normalized spacial score (nSPS) is 21.0. The number of aliphatic hydroxyl groups is 1. The molecule has 5 rings (SSSR count). The summed E-state index contributed by atoms with van der Waals surface area (Å²) in [7, 11) is -2.51. The molecule has 1 amide bonds. The summed E-state index contributed by atoms with van der Waals surface area (Å²) >= 11 is 0. The van der Waals surface area contributed by atoms with Gasteiger partial charge in [-0.3, -0.25) is 9.48 Å². The fourth-order valence-electron chi connectivity index (χ4n) is 6.48. The van der Waals surface area contributed by atoms with E-state index >= 15 is 0 Å². The van der Waals surface area contributed by atoms with Crippen molar-refractivity contribution in [2.24, 2.45) is 5.92 Å². The number of aromatic nitrogens is 3. The van der Waals surface area contributed by atoms with E-state index in [1.807, 2.05) is 90.7 Å². The van der Waals surface area contributed by atoms with Crippen LogP contribution < -0.4 is 5.32 Å². The summed E-state index contributed by atoms with van der Waals surface area (Å²) in [6.45, 7) is 6.79. The summed E-state index contributed by atoms with van der Waals surface area (Å²) in [6.07, 6.45) is 4.23. The summed E-state index contributed by atoms with van der Waals surface area (Å²) in [5.41, 5.74) is 4.38. The first-order valence-electron chi connectivity index (χ1n) is 15.1. The van der Waals surface area contributed by atoms with Gasteiger partial charge in [-0.25, -0.2) is 0 Å². The largest absolute Gasteiger partial charge is 0.432 e. The van der Waals surface area contributed by atoms with Crippen molar-refractivity contribution in [1.82, 2.24) is 15.0 Å². The first-order valence-corrected chi connectivity index (χ1v) is 18.1.